The maximum Gasteiger partial charge on any atom is 0.182 e. The molecule has 0 spiro atoms. The molecule has 0 atom stereocenters. The van der Waals surface area contributed by atoms with Crippen LogP contribution in [-0.2, 0) is 0 Å². The Labute approximate surface area is 113 Å². The van der Waals surface area contributed by atoms with Crippen LogP contribution in [-0.4, -0.2) is 24.2 Å². The first kappa shape index (κ1) is 11.7. The van der Waals surface area contributed by atoms with Gasteiger partial charge in [0.2, 0.25) is 0 Å². The summed E-state index contributed by atoms with van der Waals surface area (Å²) in [5.74, 6) is 0.998. The van der Waals surface area contributed by atoms with Crippen molar-refractivity contribution in [3.63, 3.8) is 0 Å². The van der Waals surface area contributed by atoms with Gasteiger partial charge in [0.1, 0.15) is 4.88 Å². The molecule has 0 aliphatic heterocycles. The van der Waals surface area contributed by atoms with Gasteiger partial charge >= 0.3 is 0 Å². The smallest absolute Gasteiger partial charge is 0.182 e. The molecule has 3 aromatic rings. The molecule has 0 radical (unpaired) electrons. The first-order valence-corrected chi connectivity index (χ1v) is 6.55. The molecule has 0 unspecified atom stereocenters. The molecule has 0 N–H and O–H groups in total. The topological polar surface area (TPSA) is 79.8 Å². The van der Waals surface area contributed by atoms with Crippen molar-refractivity contribution in [2.75, 3.05) is 0 Å². The normalized spacial score (nSPS) is 11.1. The number of aromatic nitrogens is 5. The Hall–Kier alpha value is -2.33. The first-order valence-electron chi connectivity index (χ1n) is 5.78. The maximum absolute atomic E-state index is 8.88. The molecule has 0 saturated carbocycles. The fourth-order valence-electron chi connectivity index (χ4n) is 1.85. The Morgan fingerprint density at radius 2 is 2.16 bits per heavy atom. The Balaban J connectivity index is 2.21. The van der Waals surface area contributed by atoms with Crippen LogP contribution < -0.4 is 0 Å². The molecule has 94 valence electrons. The second kappa shape index (κ2) is 4.40. The summed E-state index contributed by atoms with van der Waals surface area (Å²) in [6.45, 7) is 4.13. The fraction of sp³-hybridized carbons (Fsp3) is 0.250. The van der Waals surface area contributed by atoms with Gasteiger partial charge in [-0.25, -0.2) is 0 Å². The zero-order chi connectivity index (χ0) is 13.4. The summed E-state index contributed by atoms with van der Waals surface area (Å²) in [5, 5.41) is 21.3. The van der Waals surface area contributed by atoms with Gasteiger partial charge < -0.3 is 0 Å². The molecule has 7 heteroatoms. The molecule has 0 amide bonds. The third kappa shape index (κ3) is 1.86. The van der Waals surface area contributed by atoms with E-state index in [9.17, 15) is 0 Å². The SMILES string of the molecule is CC(C)c1nnsc1-c1nnc2cc(C#N)ccn12. The van der Waals surface area contributed by atoms with E-state index in [-0.39, 0.29) is 5.92 Å². The number of hydrogen-bond acceptors (Lipinski definition) is 6. The summed E-state index contributed by atoms with van der Waals surface area (Å²) in [4.78, 5) is 0.923. The lowest BCUT2D eigenvalue weighted by Crippen LogP contribution is -1.94. The number of fused-ring (bicyclic) bond motifs is 1. The van der Waals surface area contributed by atoms with Gasteiger partial charge in [0, 0.05) is 12.3 Å². The summed E-state index contributed by atoms with van der Waals surface area (Å²) in [6.07, 6.45) is 1.80. The summed E-state index contributed by atoms with van der Waals surface area (Å²) in [6, 6.07) is 5.54. The molecule has 3 aromatic heterocycles. The van der Waals surface area contributed by atoms with E-state index in [1.54, 1.807) is 18.3 Å². The maximum atomic E-state index is 8.88. The van der Waals surface area contributed by atoms with Gasteiger partial charge in [-0.2, -0.15) is 5.26 Å². The standard InChI is InChI=1S/C12H10N6S/c1-7(2)10-11(19-17-15-10)12-16-14-9-5-8(6-13)3-4-18(9)12/h3-5,7H,1-2H3. The average molecular weight is 270 g/mol. The van der Waals surface area contributed by atoms with E-state index in [0.717, 1.165) is 16.4 Å². The minimum atomic E-state index is 0.277. The lowest BCUT2D eigenvalue weighted by Gasteiger charge is -2.02. The fourth-order valence-corrected chi connectivity index (χ4v) is 2.65. The van der Waals surface area contributed by atoms with Crippen LogP contribution in [0.1, 0.15) is 31.0 Å². The van der Waals surface area contributed by atoms with Gasteiger partial charge in [-0.05, 0) is 23.5 Å². The highest BCUT2D eigenvalue weighted by atomic mass is 32.1. The van der Waals surface area contributed by atoms with Crippen LogP contribution in [0.25, 0.3) is 16.3 Å². The van der Waals surface area contributed by atoms with E-state index < -0.39 is 0 Å². The molecule has 0 saturated heterocycles. The third-order valence-electron chi connectivity index (χ3n) is 2.80. The van der Waals surface area contributed by atoms with Crippen LogP contribution in [0.2, 0.25) is 0 Å². The van der Waals surface area contributed by atoms with Crippen LogP contribution in [0.5, 0.6) is 0 Å². The molecule has 0 aliphatic carbocycles. The molecule has 3 rings (SSSR count). The van der Waals surface area contributed by atoms with Crippen LogP contribution >= 0.6 is 11.5 Å². The summed E-state index contributed by atoms with van der Waals surface area (Å²) >= 11 is 1.31. The monoisotopic (exact) mass is 270 g/mol. The molecule has 3 heterocycles. The molecular weight excluding hydrogens is 260 g/mol. The van der Waals surface area contributed by atoms with E-state index >= 15 is 0 Å². The quantitative estimate of drug-likeness (QED) is 0.713. The highest BCUT2D eigenvalue weighted by Gasteiger charge is 2.18. The summed E-state index contributed by atoms with van der Waals surface area (Å²) in [7, 11) is 0. The highest BCUT2D eigenvalue weighted by Crippen LogP contribution is 2.29. The Morgan fingerprint density at radius 3 is 2.89 bits per heavy atom. The van der Waals surface area contributed by atoms with Crippen LogP contribution in [0.4, 0.5) is 0 Å². The van der Waals surface area contributed by atoms with Crippen molar-refractivity contribution < 1.29 is 0 Å². The molecule has 0 aromatic carbocycles. The van der Waals surface area contributed by atoms with Crippen LogP contribution in [0, 0.1) is 11.3 Å². The second-order valence-electron chi connectivity index (χ2n) is 4.42. The Kier molecular flexibility index (Phi) is 2.72. The number of hydrogen-bond donors (Lipinski definition) is 0. The predicted molar refractivity (Wildman–Crippen MR) is 70.7 cm³/mol. The van der Waals surface area contributed by atoms with Crippen LogP contribution in [0.3, 0.4) is 0 Å². The van der Waals surface area contributed by atoms with Crippen molar-refractivity contribution in [2.24, 2.45) is 0 Å². The van der Waals surface area contributed by atoms with Gasteiger partial charge in [-0.1, -0.05) is 18.3 Å². The van der Waals surface area contributed by atoms with Gasteiger partial charge in [0.25, 0.3) is 0 Å². The number of nitrogens with zero attached hydrogens (tertiary/aromatic N) is 6. The second-order valence-corrected chi connectivity index (χ2v) is 5.18. The van der Waals surface area contributed by atoms with Crippen molar-refractivity contribution in [3.8, 4) is 16.8 Å². The van der Waals surface area contributed by atoms with E-state index in [1.165, 1.54) is 11.5 Å². The highest BCUT2D eigenvalue weighted by molar-refractivity contribution is 7.09. The molecule has 6 nitrogen and oxygen atoms in total. The van der Waals surface area contributed by atoms with Crippen molar-refractivity contribution >= 4 is 17.2 Å². The lowest BCUT2D eigenvalue weighted by atomic mass is 10.1. The molecule has 0 fully saturated rings. The minimum Gasteiger partial charge on any atom is -0.282 e. The molecule has 0 bridgehead atoms. The van der Waals surface area contributed by atoms with Crippen molar-refractivity contribution in [3.05, 3.63) is 29.6 Å². The van der Waals surface area contributed by atoms with Crippen molar-refractivity contribution in [1.82, 2.24) is 24.2 Å². The van der Waals surface area contributed by atoms with Gasteiger partial charge in [-0.3, -0.25) is 4.40 Å². The number of rotatable bonds is 2. The van der Waals surface area contributed by atoms with E-state index in [4.69, 9.17) is 5.26 Å². The van der Waals surface area contributed by atoms with Gasteiger partial charge in [0.15, 0.2) is 11.5 Å². The third-order valence-corrected chi connectivity index (χ3v) is 3.54. The van der Waals surface area contributed by atoms with Gasteiger partial charge in [0.05, 0.1) is 17.3 Å². The summed E-state index contributed by atoms with van der Waals surface area (Å²) in [5.41, 5.74) is 2.14. The predicted octanol–water partition coefficient (Wildman–Crippen LogP) is 2.24. The Bertz CT molecular complexity index is 779. The molecule has 0 aliphatic rings. The average Bonchev–Trinajstić information content (AvgIpc) is 3.03. The van der Waals surface area contributed by atoms with Crippen molar-refractivity contribution in [1.29, 1.82) is 5.26 Å². The van der Waals surface area contributed by atoms with Crippen molar-refractivity contribution in [2.45, 2.75) is 19.8 Å². The van der Waals surface area contributed by atoms with Gasteiger partial charge in [-0.15, -0.1) is 15.3 Å². The Morgan fingerprint density at radius 1 is 1.32 bits per heavy atom. The van der Waals surface area contributed by atoms with E-state index in [1.807, 2.05) is 4.40 Å². The first-order chi connectivity index (χ1) is 9.20. The zero-order valence-electron chi connectivity index (χ0n) is 10.4. The largest absolute Gasteiger partial charge is 0.282 e. The van der Waals surface area contributed by atoms with E-state index in [2.05, 4.69) is 39.7 Å². The van der Waals surface area contributed by atoms with E-state index in [0.29, 0.717) is 11.2 Å². The zero-order valence-corrected chi connectivity index (χ0v) is 11.2. The minimum absolute atomic E-state index is 0.277. The lowest BCUT2D eigenvalue weighted by molar-refractivity contribution is 0.812. The number of nitriles is 1. The molecular formula is C12H10N6S. The summed E-state index contributed by atoms with van der Waals surface area (Å²) < 4.78 is 5.85. The number of pyridine rings is 1. The molecule has 19 heavy (non-hydrogen) atoms. The van der Waals surface area contributed by atoms with Crippen LogP contribution in [0.15, 0.2) is 18.3 Å².